The number of aliphatic hydroxyl groups is 1. The van der Waals surface area contributed by atoms with Crippen LogP contribution in [0, 0.1) is 11.3 Å². The molecule has 0 spiro atoms. The van der Waals surface area contributed by atoms with Crippen LogP contribution >= 0.6 is 0 Å². The SMILES string of the molecule is N#CCC(NC1(CO)CC1)c1ccccc1. The van der Waals surface area contributed by atoms with Gasteiger partial charge in [0.25, 0.3) is 0 Å². The minimum atomic E-state index is -0.128. The van der Waals surface area contributed by atoms with Crippen molar-refractivity contribution >= 4 is 0 Å². The van der Waals surface area contributed by atoms with E-state index >= 15 is 0 Å². The molecule has 0 aliphatic heterocycles. The van der Waals surface area contributed by atoms with E-state index in [1.54, 1.807) is 0 Å². The Morgan fingerprint density at radius 3 is 2.56 bits per heavy atom. The third-order valence-corrected chi connectivity index (χ3v) is 3.13. The van der Waals surface area contributed by atoms with Crippen LogP contribution in [-0.4, -0.2) is 17.3 Å². The summed E-state index contributed by atoms with van der Waals surface area (Å²) in [6.45, 7) is 0.155. The number of hydrogen-bond donors (Lipinski definition) is 2. The summed E-state index contributed by atoms with van der Waals surface area (Å²) in [5.74, 6) is 0. The molecule has 3 nitrogen and oxygen atoms in total. The van der Waals surface area contributed by atoms with Crippen LogP contribution in [0.4, 0.5) is 0 Å². The van der Waals surface area contributed by atoms with E-state index in [0.717, 1.165) is 18.4 Å². The zero-order chi connectivity index (χ0) is 11.4. The highest BCUT2D eigenvalue weighted by Crippen LogP contribution is 2.37. The predicted molar refractivity (Wildman–Crippen MR) is 61.6 cm³/mol. The van der Waals surface area contributed by atoms with Gasteiger partial charge in [-0.15, -0.1) is 0 Å². The maximum atomic E-state index is 9.28. The Hall–Kier alpha value is -1.37. The lowest BCUT2D eigenvalue weighted by Gasteiger charge is -2.22. The highest BCUT2D eigenvalue weighted by atomic mass is 16.3. The van der Waals surface area contributed by atoms with Gasteiger partial charge in [-0.2, -0.15) is 5.26 Å². The Balaban J connectivity index is 2.09. The van der Waals surface area contributed by atoms with Crippen LogP contribution in [0.5, 0.6) is 0 Å². The van der Waals surface area contributed by atoms with Gasteiger partial charge in [0.2, 0.25) is 0 Å². The molecule has 1 saturated carbocycles. The molecule has 1 aromatic rings. The number of nitrogens with zero attached hydrogens (tertiary/aromatic N) is 1. The first kappa shape index (κ1) is 11.1. The van der Waals surface area contributed by atoms with Crippen LogP contribution in [0.3, 0.4) is 0 Å². The Morgan fingerprint density at radius 1 is 1.38 bits per heavy atom. The molecule has 1 unspecified atom stereocenters. The average Bonchev–Trinajstić information content (AvgIpc) is 3.10. The predicted octanol–water partition coefficient (Wildman–Crippen LogP) is 1.76. The smallest absolute Gasteiger partial charge is 0.0641 e. The molecule has 2 N–H and O–H groups in total. The normalized spacial score (nSPS) is 18.8. The van der Waals surface area contributed by atoms with Crippen LogP contribution < -0.4 is 5.32 Å². The second-order valence-corrected chi connectivity index (χ2v) is 4.41. The first-order chi connectivity index (χ1) is 7.79. The van der Waals surface area contributed by atoms with Gasteiger partial charge in [-0.3, -0.25) is 0 Å². The third kappa shape index (κ3) is 2.41. The molecule has 0 aromatic heterocycles. The summed E-state index contributed by atoms with van der Waals surface area (Å²) < 4.78 is 0. The lowest BCUT2D eigenvalue weighted by Crippen LogP contribution is -2.37. The topological polar surface area (TPSA) is 56.0 Å². The number of hydrogen-bond acceptors (Lipinski definition) is 3. The number of nitrogens with one attached hydrogen (secondary N) is 1. The van der Waals surface area contributed by atoms with Gasteiger partial charge in [-0.1, -0.05) is 30.3 Å². The molecular weight excluding hydrogens is 200 g/mol. The standard InChI is InChI=1S/C13H16N2O/c14-9-6-12(11-4-2-1-3-5-11)15-13(10-16)7-8-13/h1-5,12,15-16H,6-8,10H2. The number of benzene rings is 1. The zero-order valence-electron chi connectivity index (χ0n) is 9.19. The quantitative estimate of drug-likeness (QED) is 0.788. The fraction of sp³-hybridized carbons (Fsp3) is 0.462. The van der Waals surface area contributed by atoms with E-state index < -0.39 is 0 Å². The third-order valence-electron chi connectivity index (χ3n) is 3.13. The van der Waals surface area contributed by atoms with E-state index in [2.05, 4.69) is 11.4 Å². The fourth-order valence-electron chi connectivity index (χ4n) is 1.90. The van der Waals surface area contributed by atoms with Gasteiger partial charge in [-0.25, -0.2) is 0 Å². The van der Waals surface area contributed by atoms with E-state index in [1.807, 2.05) is 30.3 Å². The first-order valence-corrected chi connectivity index (χ1v) is 5.60. The van der Waals surface area contributed by atoms with Crippen LogP contribution in [0.15, 0.2) is 30.3 Å². The van der Waals surface area contributed by atoms with Crippen LogP contribution in [0.25, 0.3) is 0 Å². The van der Waals surface area contributed by atoms with Crippen molar-refractivity contribution < 1.29 is 5.11 Å². The van der Waals surface area contributed by atoms with Gasteiger partial charge in [-0.05, 0) is 18.4 Å². The molecule has 1 fully saturated rings. The summed E-state index contributed by atoms with van der Waals surface area (Å²) in [4.78, 5) is 0. The van der Waals surface area contributed by atoms with Crippen molar-refractivity contribution in [3.63, 3.8) is 0 Å². The molecule has 0 radical (unpaired) electrons. The zero-order valence-corrected chi connectivity index (χ0v) is 9.19. The highest BCUT2D eigenvalue weighted by molar-refractivity contribution is 5.21. The molecule has 1 aromatic carbocycles. The number of rotatable bonds is 5. The largest absolute Gasteiger partial charge is 0.394 e. The van der Waals surface area contributed by atoms with E-state index in [9.17, 15) is 5.11 Å². The first-order valence-electron chi connectivity index (χ1n) is 5.60. The number of aliphatic hydroxyl groups excluding tert-OH is 1. The minimum Gasteiger partial charge on any atom is -0.394 e. The van der Waals surface area contributed by atoms with Crippen molar-refractivity contribution in [2.75, 3.05) is 6.61 Å². The van der Waals surface area contributed by atoms with E-state index in [4.69, 9.17) is 5.26 Å². The molecule has 1 aliphatic rings. The van der Waals surface area contributed by atoms with Gasteiger partial charge < -0.3 is 10.4 Å². The highest BCUT2D eigenvalue weighted by Gasteiger charge is 2.43. The maximum Gasteiger partial charge on any atom is 0.0641 e. The van der Waals surface area contributed by atoms with E-state index in [-0.39, 0.29) is 18.2 Å². The van der Waals surface area contributed by atoms with Crippen molar-refractivity contribution in [3.05, 3.63) is 35.9 Å². The van der Waals surface area contributed by atoms with Crippen molar-refractivity contribution in [1.82, 2.24) is 5.32 Å². The molecule has 2 rings (SSSR count). The molecule has 1 atom stereocenters. The van der Waals surface area contributed by atoms with Crippen molar-refractivity contribution in [3.8, 4) is 6.07 Å². The fourth-order valence-corrected chi connectivity index (χ4v) is 1.90. The Kier molecular flexibility index (Phi) is 3.23. The molecule has 1 aliphatic carbocycles. The van der Waals surface area contributed by atoms with Crippen LogP contribution in [0.1, 0.15) is 30.9 Å². The summed E-state index contributed by atoms with van der Waals surface area (Å²) in [6.07, 6.45) is 2.43. The summed E-state index contributed by atoms with van der Waals surface area (Å²) in [5.41, 5.74) is 0.987. The second kappa shape index (κ2) is 4.65. The monoisotopic (exact) mass is 216 g/mol. The Bertz CT molecular complexity index is 379. The van der Waals surface area contributed by atoms with Gasteiger partial charge >= 0.3 is 0 Å². The molecule has 0 bridgehead atoms. The minimum absolute atomic E-state index is 0.0286. The van der Waals surface area contributed by atoms with Gasteiger partial charge in [0.05, 0.1) is 19.1 Å². The number of nitriles is 1. The molecule has 16 heavy (non-hydrogen) atoms. The summed E-state index contributed by atoms with van der Waals surface area (Å²) in [7, 11) is 0. The molecule has 0 saturated heterocycles. The van der Waals surface area contributed by atoms with Crippen LogP contribution in [-0.2, 0) is 0 Å². The molecular formula is C13H16N2O. The summed E-state index contributed by atoms with van der Waals surface area (Å²) in [6, 6.07) is 12.2. The second-order valence-electron chi connectivity index (χ2n) is 4.41. The van der Waals surface area contributed by atoms with E-state index in [1.165, 1.54) is 0 Å². The van der Waals surface area contributed by atoms with Crippen molar-refractivity contribution in [2.24, 2.45) is 0 Å². The lowest BCUT2D eigenvalue weighted by molar-refractivity contribution is 0.218. The lowest BCUT2D eigenvalue weighted by atomic mass is 10.0. The molecule has 0 heterocycles. The average molecular weight is 216 g/mol. The van der Waals surface area contributed by atoms with Crippen molar-refractivity contribution in [2.45, 2.75) is 30.8 Å². The van der Waals surface area contributed by atoms with E-state index in [0.29, 0.717) is 6.42 Å². The summed E-state index contributed by atoms with van der Waals surface area (Å²) in [5, 5.41) is 21.5. The maximum absolute atomic E-state index is 9.28. The van der Waals surface area contributed by atoms with Gasteiger partial charge in [0, 0.05) is 11.6 Å². The molecule has 0 amide bonds. The van der Waals surface area contributed by atoms with Gasteiger partial charge in [0.15, 0.2) is 0 Å². The molecule has 84 valence electrons. The summed E-state index contributed by atoms with van der Waals surface area (Å²) >= 11 is 0. The van der Waals surface area contributed by atoms with Crippen molar-refractivity contribution in [1.29, 1.82) is 5.26 Å². The van der Waals surface area contributed by atoms with Crippen LogP contribution in [0.2, 0.25) is 0 Å². The Labute approximate surface area is 95.7 Å². The molecule has 3 heteroatoms. The van der Waals surface area contributed by atoms with Gasteiger partial charge in [0.1, 0.15) is 0 Å². The Morgan fingerprint density at radius 2 is 2.06 bits per heavy atom.